The topological polar surface area (TPSA) is 84.3 Å². The number of carboxylic acids is 1. The third kappa shape index (κ3) is 2.81. The van der Waals surface area contributed by atoms with E-state index in [0.29, 0.717) is 5.56 Å². The van der Waals surface area contributed by atoms with Crippen LogP contribution in [0.4, 0.5) is 0 Å². The second-order valence-electron chi connectivity index (χ2n) is 2.87. The van der Waals surface area contributed by atoms with Crippen molar-refractivity contribution in [3.8, 4) is 0 Å². The van der Waals surface area contributed by atoms with Gasteiger partial charge in [-0.05, 0) is 11.6 Å². The molecule has 1 N–H and O–H groups in total. The molecule has 0 aliphatic heterocycles. The summed E-state index contributed by atoms with van der Waals surface area (Å²) in [5, 5.41) is 8.48. The summed E-state index contributed by atoms with van der Waals surface area (Å²) in [6.07, 6.45) is 3.36. The first kappa shape index (κ1) is 10.6. The smallest absolute Gasteiger partial charge is 0.307 e. The minimum Gasteiger partial charge on any atom is -0.481 e. The Bertz CT molecular complexity index is 452. The molecule has 5 nitrogen and oxygen atoms in total. The lowest BCUT2D eigenvalue weighted by Gasteiger charge is -2.00. The van der Waals surface area contributed by atoms with Gasteiger partial charge in [0.25, 0.3) is 0 Å². The van der Waals surface area contributed by atoms with Crippen molar-refractivity contribution in [2.45, 2.75) is 11.3 Å². The fraction of sp³-hybridized carbons (Fsp3) is 0.250. The molecule has 0 saturated heterocycles. The molecule has 0 aromatic carbocycles. The van der Waals surface area contributed by atoms with Gasteiger partial charge < -0.3 is 5.11 Å². The summed E-state index contributed by atoms with van der Waals surface area (Å²) in [6, 6.07) is 1.32. The number of aliphatic carboxylic acids is 1. The molecule has 0 bridgehead atoms. The van der Waals surface area contributed by atoms with Crippen LogP contribution < -0.4 is 0 Å². The number of aromatic nitrogens is 1. The highest BCUT2D eigenvalue weighted by Crippen LogP contribution is 2.09. The van der Waals surface area contributed by atoms with Crippen LogP contribution in [0, 0.1) is 0 Å². The van der Waals surface area contributed by atoms with Gasteiger partial charge in [-0.2, -0.15) is 0 Å². The van der Waals surface area contributed by atoms with E-state index in [9.17, 15) is 13.2 Å². The van der Waals surface area contributed by atoms with Crippen LogP contribution in [0.15, 0.2) is 23.4 Å². The van der Waals surface area contributed by atoms with Gasteiger partial charge in [0, 0.05) is 18.6 Å². The van der Waals surface area contributed by atoms with Crippen molar-refractivity contribution >= 4 is 15.8 Å². The number of carbonyl (C=O) groups is 1. The maximum absolute atomic E-state index is 11.1. The number of rotatable bonds is 3. The maximum atomic E-state index is 11.1. The zero-order chi connectivity index (χ0) is 10.8. The van der Waals surface area contributed by atoms with Gasteiger partial charge in [-0.15, -0.1) is 0 Å². The fourth-order valence-electron chi connectivity index (χ4n) is 0.938. The third-order valence-corrected chi connectivity index (χ3v) is 2.63. The molecular weight excluding hydrogens is 206 g/mol. The van der Waals surface area contributed by atoms with Crippen LogP contribution in [0.2, 0.25) is 0 Å². The van der Waals surface area contributed by atoms with E-state index in [2.05, 4.69) is 4.98 Å². The van der Waals surface area contributed by atoms with E-state index in [1.165, 1.54) is 18.5 Å². The molecule has 14 heavy (non-hydrogen) atoms. The molecule has 1 rings (SSSR count). The number of carboxylic acid groups (broad SMARTS) is 1. The molecule has 0 aliphatic carbocycles. The quantitative estimate of drug-likeness (QED) is 0.773. The van der Waals surface area contributed by atoms with Gasteiger partial charge in [-0.25, -0.2) is 8.42 Å². The van der Waals surface area contributed by atoms with Crippen molar-refractivity contribution in [3.05, 3.63) is 24.0 Å². The predicted octanol–water partition coefficient (Wildman–Crippen LogP) is 0.112. The van der Waals surface area contributed by atoms with Crippen LogP contribution in [0.5, 0.6) is 0 Å². The van der Waals surface area contributed by atoms with Crippen LogP contribution in [-0.4, -0.2) is 30.7 Å². The number of sulfone groups is 1. The van der Waals surface area contributed by atoms with Gasteiger partial charge in [-0.3, -0.25) is 9.78 Å². The van der Waals surface area contributed by atoms with Crippen molar-refractivity contribution in [1.29, 1.82) is 0 Å². The average Bonchev–Trinajstić information content (AvgIpc) is 2.01. The van der Waals surface area contributed by atoms with Crippen LogP contribution in [0.3, 0.4) is 0 Å². The van der Waals surface area contributed by atoms with Gasteiger partial charge in [0.1, 0.15) is 0 Å². The standard InChI is InChI=1S/C8H9NO4S/c1-14(12,13)7-2-6(3-8(10)11)4-9-5-7/h2,4-5H,3H2,1H3,(H,10,11). The van der Waals surface area contributed by atoms with Crippen molar-refractivity contribution in [2.75, 3.05) is 6.26 Å². The van der Waals surface area contributed by atoms with E-state index in [4.69, 9.17) is 5.11 Å². The van der Waals surface area contributed by atoms with Gasteiger partial charge in [-0.1, -0.05) is 0 Å². The summed E-state index contributed by atoms with van der Waals surface area (Å²) in [4.78, 5) is 14.1. The highest BCUT2D eigenvalue weighted by Gasteiger charge is 2.09. The Labute approximate surface area is 81.3 Å². The zero-order valence-corrected chi connectivity index (χ0v) is 8.28. The monoisotopic (exact) mass is 215 g/mol. The summed E-state index contributed by atoms with van der Waals surface area (Å²) in [5.41, 5.74) is 0.375. The van der Waals surface area contributed by atoms with Crippen molar-refractivity contribution in [2.24, 2.45) is 0 Å². The second kappa shape index (κ2) is 3.75. The summed E-state index contributed by atoms with van der Waals surface area (Å²) < 4.78 is 22.2. The molecule has 0 amide bonds. The third-order valence-electron chi connectivity index (χ3n) is 1.55. The lowest BCUT2D eigenvalue weighted by Crippen LogP contribution is -2.03. The number of pyridine rings is 1. The molecule has 0 atom stereocenters. The van der Waals surface area contributed by atoms with Gasteiger partial charge in [0.2, 0.25) is 0 Å². The summed E-state index contributed by atoms with van der Waals surface area (Å²) in [7, 11) is -3.32. The lowest BCUT2D eigenvalue weighted by atomic mass is 10.2. The number of nitrogens with zero attached hydrogens (tertiary/aromatic N) is 1. The van der Waals surface area contributed by atoms with Gasteiger partial charge >= 0.3 is 5.97 Å². The predicted molar refractivity (Wildman–Crippen MR) is 48.7 cm³/mol. The molecular formula is C8H9NO4S. The van der Waals surface area contributed by atoms with Crippen molar-refractivity contribution < 1.29 is 18.3 Å². The fourth-order valence-corrected chi connectivity index (χ4v) is 1.56. The first-order chi connectivity index (χ1) is 6.39. The molecule has 0 saturated carbocycles. The molecule has 1 aromatic rings. The molecule has 0 aliphatic rings. The zero-order valence-electron chi connectivity index (χ0n) is 7.47. The number of hydrogen-bond donors (Lipinski definition) is 1. The first-order valence-electron chi connectivity index (χ1n) is 3.75. The molecule has 0 fully saturated rings. The van der Waals surface area contributed by atoms with E-state index in [1.54, 1.807) is 0 Å². The molecule has 76 valence electrons. The minimum atomic E-state index is -3.32. The molecule has 1 aromatic heterocycles. The second-order valence-corrected chi connectivity index (χ2v) is 4.89. The van der Waals surface area contributed by atoms with Crippen LogP contribution >= 0.6 is 0 Å². The molecule has 6 heteroatoms. The first-order valence-corrected chi connectivity index (χ1v) is 5.64. The number of hydrogen-bond acceptors (Lipinski definition) is 4. The normalized spacial score (nSPS) is 11.2. The minimum absolute atomic E-state index is 0.0382. The maximum Gasteiger partial charge on any atom is 0.307 e. The highest BCUT2D eigenvalue weighted by molar-refractivity contribution is 7.90. The van der Waals surface area contributed by atoms with E-state index >= 15 is 0 Å². The Morgan fingerprint density at radius 1 is 1.50 bits per heavy atom. The Kier molecular flexibility index (Phi) is 2.85. The van der Waals surface area contributed by atoms with Crippen molar-refractivity contribution in [3.63, 3.8) is 0 Å². The SMILES string of the molecule is CS(=O)(=O)c1cncc(CC(=O)O)c1. The highest BCUT2D eigenvalue weighted by atomic mass is 32.2. The Morgan fingerprint density at radius 3 is 2.64 bits per heavy atom. The molecule has 0 spiro atoms. The van der Waals surface area contributed by atoms with Crippen molar-refractivity contribution in [1.82, 2.24) is 4.98 Å². The summed E-state index contributed by atoms with van der Waals surface area (Å²) in [6.45, 7) is 0. The summed E-state index contributed by atoms with van der Waals surface area (Å²) in [5.74, 6) is -1.02. The van der Waals surface area contributed by atoms with Crippen LogP contribution in [0.25, 0.3) is 0 Å². The lowest BCUT2D eigenvalue weighted by molar-refractivity contribution is -0.136. The largest absolute Gasteiger partial charge is 0.481 e. The molecule has 0 radical (unpaired) electrons. The summed E-state index contributed by atoms with van der Waals surface area (Å²) >= 11 is 0. The van der Waals surface area contributed by atoms with E-state index in [0.717, 1.165) is 6.26 Å². The Balaban J connectivity index is 3.08. The van der Waals surface area contributed by atoms with E-state index < -0.39 is 15.8 Å². The van der Waals surface area contributed by atoms with Gasteiger partial charge in [0.05, 0.1) is 11.3 Å². The van der Waals surface area contributed by atoms with Gasteiger partial charge in [0.15, 0.2) is 9.84 Å². The Hall–Kier alpha value is -1.43. The van der Waals surface area contributed by atoms with E-state index in [-0.39, 0.29) is 11.3 Å². The molecule has 1 heterocycles. The van der Waals surface area contributed by atoms with Crippen LogP contribution in [0.1, 0.15) is 5.56 Å². The molecule has 0 unspecified atom stereocenters. The van der Waals surface area contributed by atoms with Crippen LogP contribution in [-0.2, 0) is 21.1 Å². The average molecular weight is 215 g/mol. The van der Waals surface area contributed by atoms with E-state index in [1.807, 2.05) is 0 Å². The Morgan fingerprint density at radius 2 is 2.14 bits per heavy atom.